The highest BCUT2D eigenvalue weighted by molar-refractivity contribution is 7.92. The van der Waals surface area contributed by atoms with Crippen molar-refractivity contribution >= 4 is 27.6 Å². The number of carbonyl (C=O) groups is 1. The van der Waals surface area contributed by atoms with Crippen molar-refractivity contribution in [3.63, 3.8) is 0 Å². The number of hydrogen-bond acceptors (Lipinski definition) is 6. The van der Waals surface area contributed by atoms with Gasteiger partial charge in [-0.15, -0.1) is 0 Å². The van der Waals surface area contributed by atoms with Crippen LogP contribution in [0.5, 0.6) is 5.75 Å². The monoisotopic (exact) mass is 458 g/mol. The van der Waals surface area contributed by atoms with Crippen molar-refractivity contribution < 1.29 is 22.3 Å². The number of amides is 1. The average molecular weight is 459 g/mol. The molecule has 0 saturated carbocycles. The zero-order chi connectivity index (χ0) is 23.3. The quantitative estimate of drug-likeness (QED) is 0.531. The number of sulfonamides is 1. The highest BCUT2D eigenvalue weighted by Gasteiger charge is 2.20. The van der Waals surface area contributed by atoms with Gasteiger partial charge in [0, 0.05) is 17.1 Å². The summed E-state index contributed by atoms with van der Waals surface area (Å²) in [6.45, 7) is 5.27. The third-order valence-corrected chi connectivity index (χ3v) is 5.74. The first-order chi connectivity index (χ1) is 15.2. The normalized spacial score (nSPS) is 12.1. The summed E-state index contributed by atoms with van der Waals surface area (Å²) in [4.78, 5) is 20.7. The van der Waals surface area contributed by atoms with Crippen molar-refractivity contribution in [1.29, 1.82) is 0 Å². The van der Waals surface area contributed by atoms with E-state index >= 15 is 0 Å². The molecule has 0 spiro atoms. The van der Waals surface area contributed by atoms with Gasteiger partial charge in [0.1, 0.15) is 11.6 Å². The molecule has 1 atom stereocenters. The van der Waals surface area contributed by atoms with E-state index in [2.05, 4.69) is 20.0 Å². The minimum absolute atomic E-state index is 0.00661. The van der Waals surface area contributed by atoms with Crippen LogP contribution in [0.15, 0.2) is 59.5 Å². The van der Waals surface area contributed by atoms with Crippen molar-refractivity contribution in [1.82, 2.24) is 9.97 Å². The molecule has 2 aromatic carbocycles. The Balaban J connectivity index is 1.67. The second-order valence-corrected chi connectivity index (χ2v) is 8.74. The van der Waals surface area contributed by atoms with Crippen LogP contribution >= 0.6 is 0 Å². The molecule has 1 heterocycles. The van der Waals surface area contributed by atoms with Gasteiger partial charge in [0.2, 0.25) is 5.95 Å². The highest BCUT2D eigenvalue weighted by Crippen LogP contribution is 2.19. The molecule has 0 bridgehead atoms. The van der Waals surface area contributed by atoms with Crippen LogP contribution in [0.4, 0.5) is 16.0 Å². The van der Waals surface area contributed by atoms with Crippen molar-refractivity contribution in [3.05, 3.63) is 71.8 Å². The zero-order valence-corrected chi connectivity index (χ0v) is 18.6. The highest BCUT2D eigenvalue weighted by atomic mass is 32.2. The van der Waals surface area contributed by atoms with Crippen LogP contribution in [0, 0.1) is 19.7 Å². The number of hydrogen-bond donors (Lipinski definition) is 2. The van der Waals surface area contributed by atoms with Crippen molar-refractivity contribution in [2.45, 2.75) is 38.2 Å². The molecule has 0 radical (unpaired) electrons. The summed E-state index contributed by atoms with van der Waals surface area (Å²) in [5.74, 6) is -0.448. The molecule has 0 fully saturated rings. The minimum Gasteiger partial charge on any atom is -0.481 e. The van der Waals surface area contributed by atoms with Crippen LogP contribution < -0.4 is 14.8 Å². The molecular weight excluding hydrogens is 435 g/mol. The molecule has 3 rings (SSSR count). The molecule has 0 aliphatic heterocycles. The van der Waals surface area contributed by atoms with Gasteiger partial charge in [-0.3, -0.25) is 4.79 Å². The van der Waals surface area contributed by atoms with E-state index in [0.717, 1.165) is 0 Å². The van der Waals surface area contributed by atoms with Gasteiger partial charge in [0.25, 0.3) is 15.9 Å². The van der Waals surface area contributed by atoms with Crippen molar-refractivity contribution in [3.8, 4) is 5.75 Å². The van der Waals surface area contributed by atoms with Gasteiger partial charge in [0.05, 0.1) is 4.90 Å². The average Bonchev–Trinajstić information content (AvgIpc) is 2.72. The molecule has 2 N–H and O–H groups in total. The van der Waals surface area contributed by atoms with E-state index in [1.54, 1.807) is 26.8 Å². The lowest BCUT2D eigenvalue weighted by Gasteiger charge is -2.17. The number of aromatic nitrogens is 2. The van der Waals surface area contributed by atoms with E-state index in [4.69, 9.17) is 4.74 Å². The fourth-order valence-electron chi connectivity index (χ4n) is 2.89. The SMILES string of the molecule is CC[C@@H](Oc1ccc(F)cc1)C(=O)Nc1ccc(S(=O)(=O)Nc2nc(C)cc(C)n2)cc1. The first kappa shape index (κ1) is 23.1. The Labute approximate surface area is 185 Å². The summed E-state index contributed by atoms with van der Waals surface area (Å²) < 4.78 is 46.2. The van der Waals surface area contributed by atoms with Crippen LogP contribution in [0.3, 0.4) is 0 Å². The largest absolute Gasteiger partial charge is 0.481 e. The lowest BCUT2D eigenvalue weighted by Crippen LogP contribution is -2.32. The van der Waals surface area contributed by atoms with Gasteiger partial charge >= 0.3 is 0 Å². The number of halogens is 1. The van der Waals surface area contributed by atoms with E-state index in [-0.39, 0.29) is 10.8 Å². The van der Waals surface area contributed by atoms with E-state index in [1.807, 2.05) is 0 Å². The molecule has 0 aliphatic carbocycles. The molecule has 1 amide bonds. The van der Waals surface area contributed by atoms with Gasteiger partial charge in [-0.2, -0.15) is 0 Å². The summed E-state index contributed by atoms with van der Waals surface area (Å²) in [5, 5.41) is 2.69. The molecule has 10 heteroatoms. The maximum absolute atomic E-state index is 13.0. The summed E-state index contributed by atoms with van der Waals surface area (Å²) in [6.07, 6.45) is -0.414. The standard InChI is InChI=1S/C22H23FN4O4S/c1-4-20(31-18-9-5-16(23)6-10-18)21(28)26-17-7-11-19(12-8-17)32(29,30)27-22-24-14(2)13-15(3)25-22/h5-13,20H,4H2,1-3H3,(H,26,28)(H,24,25,27)/t20-/m1/s1. The van der Waals surface area contributed by atoms with Gasteiger partial charge in [0.15, 0.2) is 6.10 Å². The third-order valence-electron chi connectivity index (χ3n) is 4.40. The zero-order valence-electron chi connectivity index (χ0n) is 17.8. The molecule has 32 heavy (non-hydrogen) atoms. The number of ether oxygens (including phenoxy) is 1. The van der Waals surface area contributed by atoms with E-state index in [1.165, 1.54) is 48.5 Å². The lowest BCUT2D eigenvalue weighted by atomic mass is 10.2. The van der Waals surface area contributed by atoms with Gasteiger partial charge in [-0.1, -0.05) is 6.92 Å². The molecule has 168 valence electrons. The van der Waals surface area contributed by atoms with Gasteiger partial charge in [-0.25, -0.2) is 27.5 Å². The van der Waals surface area contributed by atoms with Crippen molar-refractivity contribution in [2.75, 3.05) is 10.0 Å². The predicted octanol–water partition coefficient (Wildman–Crippen LogP) is 3.83. The fourth-order valence-corrected chi connectivity index (χ4v) is 3.83. The second kappa shape index (κ2) is 9.73. The second-order valence-electron chi connectivity index (χ2n) is 7.06. The number of carbonyl (C=O) groups excluding carboxylic acids is 1. The molecule has 0 saturated heterocycles. The Morgan fingerprint density at radius 1 is 1.03 bits per heavy atom. The topological polar surface area (TPSA) is 110 Å². The molecule has 8 nitrogen and oxygen atoms in total. The first-order valence-corrected chi connectivity index (χ1v) is 11.3. The number of benzene rings is 2. The van der Waals surface area contributed by atoms with Gasteiger partial charge in [-0.05, 0) is 74.9 Å². The Morgan fingerprint density at radius 3 is 2.19 bits per heavy atom. The van der Waals surface area contributed by atoms with Crippen LogP contribution in [0.25, 0.3) is 0 Å². The molecular formula is C22H23FN4O4S. The summed E-state index contributed by atoms with van der Waals surface area (Å²) in [5.41, 5.74) is 1.68. The smallest absolute Gasteiger partial charge is 0.265 e. The fraction of sp³-hybridized carbons (Fsp3) is 0.227. The number of nitrogens with one attached hydrogen (secondary N) is 2. The van der Waals surface area contributed by atoms with Crippen LogP contribution in [-0.4, -0.2) is 30.4 Å². The maximum Gasteiger partial charge on any atom is 0.265 e. The van der Waals surface area contributed by atoms with E-state index < -0.39 is 27.9 Å². The van der Waals surface area contributed by atoms with E-state index in [9.17, 15) is 17.6 Å². The Kier molecular flexibility index (Phi) is 7.04. The molecule has 0 unspecified atom stereocenters. The number of anilines is 2. The Morgan fingerprint density at radius 2 is 1.62 bits per heavy atom. The number of nitrogens with zero attached hydrogens (tertiary/aromatic N) is 2. The number of aryl methyl sites for hydroxylation is 2. The van der Waals surface area contributed by atoms with Crippen LogP contribution in [0.2, 0.25) is 0 Å². The first-order valence-electron chi connectivity index (χ1n) is 9.84. The number of rotatable bonds is 8. The predicted molar refractivity (Wildman–Crippen MR) is 118 cm³/mol. The molecule has 1 aromatic heterocycles. The van der Waals surface area contributed by atoms with E-state index in [0.29, 0.717) is 29.2 Å². The lowest BCUT2D eigenvalue weighted by molar-refractivity contribution is -0.122. The van der Waals surface area contributed by atoms with Gasteiger partial charge < -0.3 is 10.1 Å². The minimum atomic E-state index is -3.90. The molecule has 0 aliphatic rings. The van der Waals surface area contributed by atoms with Crippen molar-refractivity contribution in [2.24, 2.45) is 0 Å². The summed E-state index contributed by atoms with van der Waals surface area (Å²) >= 11 is 0. The Bertz CT molecular complexity index is 1180. The maximum atomic E-state index is 13.0. The third kappa shape index (κ3) is 6.01. The Hall–Kier alpha value is -3.53. The van der Waals surface area contributed by atoms with Crippen LogP contribution in [0.1, 0.15) is 24.7 Å². The summed E-state index contributed by atoms with van der Waals surface area (Å²) in [6, 6.07) is 12.8. The molecule has 3 aromatic rings. The summed E-state index contributed by atoms with van der Waals surface area (Å²) in [7, 11) is -3.90. The van der Waals surface area contributed by atoms with Crippen LogP contribution in [-0.2, 0) is 14.8 Å².